The molecule has 0 amide bonds. The lowest BCUT2D eigenvalue weighted by Gasteiger charge is -2.09. The third-order valence-corrected chi connectivity index (χ3v) is 3.24. The average molecular weight is 321 g/mol. The Bertz CT molecular complexity index is 540. The maximum Gasteiger partial charge on any atom is 0.224 e. The van der Waals surface area contributed by atoms with Crippen molar-refractivity contribution in [3.8, 4) is 0 Å². The summed E-state index contributed by atoms with van der Waals surface area (Å²) < 4.78 is 0.862. The molecule has 5 heteroatoms. The van der Waals surface area contributed by atoms with Gasteiger partial charge in [-0.15, -0.1) is 0 Å². The minimum Gasteiger partial charge on any atom is -0.365 e. The van der Waals surface area contributed by atoms with Crippen LogP contribution in [0.3, 0.4) is 0 Å². The van der Waals surface area contributed by atoms with Gasteiger partial charge in [-0.2, -0.15) is 4.98 Å². The molecule has 0 fully saturated rings. The molecule has 2 N–H and O–H groups in total. The van der Waals surface area contributed by atoms with Gasteiger partial charge in [0.05, 0.1) is 4.47 Å². The molecule has 1 aromatic heterocycles. The predicted molar refractivity (Wildman–Crippen MR) is 82.4 cm³/mol. The largest absolute Gasteiger partial charge is 0.365 e. The second-order valence-corrected chi connectivity index (χ2v) is 5.11. The summed E-state index contributed by atoms with van der Waals surface area (Å²) in [5.74, 6) is 1.43. The number of nitrogens with zero attached hydrogens (tertiary/aromatic N) is 2. The number of hydrogen-bond acceptors (Lipinski definition) is 4. The number of rotatable bonds is 5. The van der Waals surface area contributed by atoms with E-state index in [4.69, 9.17) is 0 Å². The molecule has 4 nitrogen and oxygen atoms in total. The first-order valence-electron chi connectivity index (χ1n) is 6.25. The molecule has 0 atom stereocenters. The Hall–Kier alpha value is -1.62. The normalized spacial score (nSPS) is 10.3. The first kappa shape index (κ1) is 13.8. The standard InChI is InChI=1S/C14H17BrN4/c1-3-16-14-18-9-12(15)13(19-14)17-8-11-6-4-10(2)5-7-11/h4-7,9H,3,8H2,1-2H3,(H2,16,17,18,19). The summed E-state index contributed by atoms with van der Waals surface area (Å²) in [5.41, 5.74) is 2.49. The summed E-state index contributed by atoms with van der Waals surface area (Å²) in [7, 11) is 0. The van der Waals surface area contributed by atoms with Crippen LogP contribution < -0.4 is 10.6 Å². The van der Waals surface area contributed by atoms with E-state index in [2.05, 4.69) is 67.7 Å². The van der Waals surface area contributed by atoms with Crippen LogP contribution in [0.5, 0.6) is 0 Å². The van der Waals surface area contributed by atoms with E-state index in [1.54, 1.807) is 6.20 Å². The Kier molecular flexibility index (Phi) is 4.74. The number of aromatic nitrogens is 2. The van der Waals surface area contributed by atoms with Gasteiger partial charge in [-0.05, 0) is 35.3 Å². The van der Waals surface area contributed by atoms with Gasteiger partial charge in [-0.25, -0.2) is 4.98 Å². The molecule has 2 rings (SSSR count). The average Bonchev–Trinajstić information content (AvgIpc) is 2.41. The van der Waals surface area contributed by atoms with Crippen molar-refractivity contribution in [3.05, 3.63) is 46.1 Å². The fourth-order valence-electron chi connectivity index (χ4n) is 1.63. The molecule has 0 unspecified atom stereocenters. The molecule has 0 saturated carbocycles. The van der Waals surface area contributed by atoms with Gasteiger partial charge in [-0.3, -0.25) is 0 Å². The van der Waals surface area contributed by atoms with Crippen molar-refractivity contribution in [2.45, 2.75) is 20.4 Å². The fourth-order valence-corrected chi connectivity index (χ4v) is 1.96. The van der Waals surface area contributed by atoms with Crippen molar-refractivity contribution in [1.82, 2.24) is 9.97 Å². The summed E-state index contributed by atoms with van der Waals surface area (Å²) >= 11 is 3.45. The quantitative estimate of drug-likeness (QED) is 0.883. The zero-order valence-corrected chi connectivity index (χ0v) is 12.7. The van der Waals surface area contributed by atoms with Crippen molar-refractivity contribution in [1.29, 1.82) is 0 Å². The van der Waals surface area contributed by atoms with Gasteiger partial charge in [-0.1, -0.05) is 29.8 Å². The summed E-state index contributed by atoms with van der Waals surface area (Å²) in [5, 5.41) is 6.41. The molecule has 2 aromatic rings. The van der Waals surface area contributed by atoms with Gasteiger partial charge >= 0.3 is 0 Å². The fraction of sp³-hybridized carbons (Fsp3) is 0.286. The molecule has 0 radical (unpaired) electrons. The van der Waals surface area contributed by atoms with E-state index in [0.717, 1.165) is 23.4 Å². The first-order valence-corrected chi connectivity index (χ1v) is 7.04. The van der Waals surface area contributed by atoms with E-state index in [0.29, 0.717) is 5.95 Å². The van der Waals surface area contributed by atoms with Crippen LogP contribution in [-0.4, -0.2) is 16.5 Å². The number of halogens is 1. The van der Waals surface area contributed by atoms with Crippen molar-refractivity contribution in [2.24, 2.45) is 0 Å². The van der Waals surface area contributed by atoms with Gasteiger partial charge < -0.3 is 10.6 Å². The van der Waals surface area contributed by atoms with Crippen LogP contribution in [0.2, 0.25) is 0 Å². The first-order chi connectivity index (χ1) is 9.19. The van der Waals surface area contributed by atoms with Gasteiger partial charge in [0.15, 0.2) is 0 Å². The molecular formula is C14H17BrN4. The molecule has 0 bridgehead atoms. The van der Waals surface area contributed by atoms with Crippen LogP contribution in [0.1, 0.15) is 18.1 Å². The third kappa shape index (κ3) is 3.92. The van der Waals surface area contributed by atoms with Crippen LogP contribution >= 0.6 is 15.9 Å². The molecule has 0 aliphatic carbocycles. The molecule has 1 heterocycles. The van der Waals surface area contributed by atoms with Gasteiger partial charge in [0.2, 0.25) is 5.95 Å². The van der Waals surface area contributed by atoms with Gasteiger partial charge in [0.1, 0.15) is 5.82 Å². The molecule has 100 valence electrons. The number of aryl methyl sites for hydroxylation is 1. The highest BCUT2D eigenvalue weighted by molar-refractivity contribution is 9.10. The minimum absolute atomic E-state index is 0.636. The number of benzene rings is 1. The van der Waals surface area contributed by atoms with E-state index >= 15 is 0 Å². The van der Waals surface area contributed by atoms with E-state index in [-0.39, 0.29) is 0 Å². The SMILES string of the molecule is CCNc1ncc(Br)c(NCc2ccc(C)cc2)n1. The third-order valence-electron chi connectivity index (χ3n) is 2.66. The zero-order valence-electron chi connectivity index (χ0n) is 11.1. The summed E-state index contributed by atoms with van der Waals surface area (Å²) in [4.78, 5) is 8.60. The lowest BCUT2D eigenvalue weighted by molar-refractivity contribution is 1.04. The number of hydrogen-bond donors (Lipinski definition) is 2. The van der Waals surface area contributed by atoms with Crippen LogP contribution in [0.15, 0.2) is 34.9 Å². The summed E-state index contributed by atoms with van der Waals surface area (Å²) in [6.45, 7) is 5.65. The Balaban J connectivity index is 2.05. The Labute approximate surface area is 121 Å². The van der Waals surface area contributed by atoms with Crippen molar-refractivity contribution in [3.63, 3.8) is 0 Å². The minimum atomic E-state index is 0.636. The van der Waals surface area contributed by atoms with Crippen molar-refractivity contribution >= 4 is 27.7 Å². The monoisotopic (exact) mass is 320 g/mol. The van der Waals surface area contributed by atoms with Crippen LogP contribution in [0, 0.1) is 6.92 Å². The Morgan fingerprint density at radius 3 is 2.58 bits per heavy atom. The van der Waals surface area contributed by atoms with Crippen molar-refractivity contribution < 1.29 is 0 Å². The summed E-state index contributed by atoms with van der Waals surface area (Å²) in [6, 6.07) is 8.44. The number of anilines is 2. The van der Waals surface area contributed by atoms with Crippen LogP contribution in [0.25, 0.3) is 0 Å². The highest BCUT2D eigenvalue weighted by Crippen LogP contribution is 2.20. The molecule has 0 spiro atoms. The maximum atomic E-state index is 4.41. The lowest BCUT2D eigenvalue weighted by Crippen LogP contribution is -2.07. The lowest BCUT2D eigenvalue weighted by atomic mass is 10.1. The van der Waals surface area contributed by atoms with Crippen molar-refractivity contribution in [2.75, 3.05) is 17.2 Å². The number of nitrogens with one attached hydrogen (secondary N) is 2. The second-order valence-electron chi connectivity index (χ2n) is 4.26. The molecule has 1 aromatic carbocycles. The van der Waals surface area contributed by atoms with Gasteiger partial charge in [0, 0.05) is 19.3 Å². The van der Waals surface area contributed by atoms with E-state index < -0.39 is 0 Å². The highest BCUT2D eigenvalue weighted by atomic mass is 79.9. The topological polar surface area (TPSA) is 49.8 Å². The molecular weight excluding hydrogens is 304 g/mol. The predicted octanol–water partition coefficient (Wildman–Crippen LogP) is 3.59. The Morgan fingerprint density at radius 2 is 1.89 bits per heavy atom. The van der Waals surface area contributed by atoms with Crippen LogP contribution in [0.4, 0.5) is 11.8 Å². The maximum absolute atomic E-state index is 4.41. The van der Waals surface area contributed by atoms with E-state index in [1.165, 1.54) is 11.1 Å². The molecule has 0 aliphatic rings. The van der Waals surface area contributed by atoms with Gasteiger partial charge in [0.25, 0.3) is 0 Å². The zero-order chi connectivity index (χ0) is 13.7. The molecule has 0 saturated heterocycles. The molecule has 19 heavy (non-hydrogen) atoms. The van der Waals surface area contributed by atoms with E-state index in [1.807, 2.05) is 6.92 Å². The molecule has 0 aliphatic heterocycles. The van der Waals surface area contributed by atoms with Crippen LogP contribution in [-0.2, 0) is 6.54 Å². The summed E-state index contributed by atoms with van der Waals surface area (Å²) in [6.07, 6.45) is 1.75. The smallest absolute Gasteiger partial charge is 0.224 e. The second kappa shape index (κ2) is 6.52. The van der Waals surface area contributed by atoms with E-state index in [9.17, 15) is 0 Å². The Morgan fingerprint density at radius 1 is 1.16 bits per heavy atom. The highest BCUT2D eigenvalue weighted by Gasteiger charge is 2.04.